The average molecular weight is 326 g/mol. The normalized spacial score (nSPS) is 19.5. The van der Waals surface area contributed by atoms with Crippen LogP contribution in [0.5, 0.6) is 0 Å². The largest absolute Gasteiger partial charge is 0.467 e. The predicted molar refractivity (Wildman–Crippen MR) is 66.8 cm³/mol. The van der Waals surface area contributed by atoms with Crippen molar-refractivity contribution in [1.82, 2.24) is 10.2 Å². The summed E-state index contributed by atoms with van der Waals surface area (Å²) in [5.41, 5.74) is 0. The molecule has 7 nitrogen and oxygen atoms in total. The lowest BCUT2D eigenvalue weighted by atomic mass is 10.2. The van der Waals surface area contributed by atoms with Gasteiger partial charge in [-0.05, 0) is 19.8 Å². The van der Waals surface area contributed by atoms with Gasteiger partial charge in [-0.1, -0.05) is 0 Å². The van der Waals surface area contributed by atoms with Gasteiger partial charge in [0, 0.05) is 6.54 Å². The van der Waals surface area contributed by atoms with Crippen LogP contribution in [0.15, 0.2) is 0 Å². The van der Waals surface area contributed by atoms with E-state index in [0.717, 1.165) is 12.0 Å². The molecule has 0 radical (unpaired) electrons. The summed E-state index contributed by atoms with van der Waals surface area (Å²) in [7, 11) is 1.15. The van der Waals surface area contributed by atoms with Crippen LogP contribution < -0.4 is 5.32 Å². The van der Waals surface area contributed by atoms with Gasteiger partial charge in [0.15, 0.2) is 6.61 Å². The molecule has 0 aromatic heterocycles. The zero-order valence-electron chi connectivity index (χ0n) is 12.1. The van der Waals surface area contributed by atoms with E-state index in [0.29, 0.717) is 6.42 Å². The number of nitrogens with zero attached hydrogens (tertiary/aromatic N) is 1. The summed E-state index contributed by atoms with van der Waals surface area (Å²) in [5.74, 6) is -1.31. The smallest absolute Gasteiger partial charge is 0.422 e. The third kappa shape index (κ3) is 5.08. The SMILES string of the molecule is COC(=O)[C@H](C)NC(=O)[C@H]1CCCN1C(=O)OCC(F)(F)F. The molecule has 0 saturated carbocycles. The summed E-state index contributed by atoms with van der Waals surface area (Å²) >= 11 is 0. The quantitative estimate of drug-likeness (QED) is 0.774. The van der Waals surface area contributed by atoms with Gasteiger partial charge in [0.1, 0.15) is 12.1 Å². The van der Waals surface area contributed by atoms with Crippen LogP contribution in [-0.2, 0) is 19.1 Å². The zero-order chi connectivity index (χ0) is 16.9. The Hall–Kier alpha value is -2.00. The van der Waals surface area contributed by atoms with Gasteiger partial charge in [-0.2, -0.15) is 13.2 Å². The average Bonchev–Trinajstić information content (AvgIpc) is 2.92. The van der Waals surface area contributed by atoms with Gasteiger partial charge in [-0.3, -0.25) is 9.69 Å². The fraction of sp³-hybridized carbons (Fsp3) is 0.750. The fourth-order valence-electron chi connectivity index (χ4n) is 2.03. The first-order valence-corrected chi connectivity index (χ1v) is 6.54. The molecule has 0 bridgehead atoms. The first-order chi connectivity index (χ1) is 10.2. The van der Waals surface area contributed by atoms with Gasteiger partial charge in [0.05, 0.1) is 7.11 Å². The van der Waals surface area contributed by atoms with E-state index in [-0.39, 0.29) is 13.0 Å². The number of rotatable bonds is 4. The second kappa shape index (κ2) is 7.32. The number of likely N-dealkylation sites (tertiary alicyclic amines) is 1. The first-order valence-electron chi connectivity index (χ1n) is 6.54. The maximum Gasteiger partial charge on any atom is 0.422 e. The molecule has 22 heavy (non-hydrogen) atoms. The van der Waals surface area contributed by atoms with Crippen molar-refractivity contribution >= 4 is 18.0 Å². The Kier molecular flexibility index (Phi) is 6.01. The Labute approximate surface area is 124 Å². The lowest BCUT2D eigenvalue weighted by molar-refractivity contribution is -0.162. The molecule has 2 atom stereocenters. The van der Waals surface area contributed by atoms with E-state index in [9.17, 15) is 27.6 Å². The van der Waals surface area contributed by atoms with Crippen LogP contribution in [-0.4, -0.2) is 61.4 Å². The lowest BCUT2D eigenvalue weighted by Crippen LogP contribution is -2.50. The number of carbonyl (C=O) groups excluding carboxylic acids is 3. The molecule has 0 aromatic rings. The first kappa shape index (κ1) is 18.1. The molecule has 1 N–H and O–H groups in total. The summed E-state index contributed by atoms with van der Waals surface area (Å²) < 4.78 is 44.7. The maximum absolute atomic E-state index is 12.0. The number of carbonyl (C=O) groups is 3. The second-order valence-electron chi connectivity index (χ2n) is 4.77. The highest BCUT2D eigenvalue weighted by atomic mass is 19.4. The van der Waals surface area contributed by atoms with E-state index in [4.69, 9.17) is 0 Å². The molecular formula is C12H17F3N2O5. The van der Waals surface area contributed by atoms with Crippen LogP contribution in [0.2, 0.25) is 0 Å². The Bertz CT molecular complexity index is 441. The van der Waals surface area contributed by atoms with Crippen LogP contribution in [0, 0.1) is 0 Å². The van der Waals surface area contributed by atoms with Crippen LogP contribution in [0.25, 0.3) is 0 Å². The standard InChI is InChI=1S/C12H17F3N2O5/c1-7(10(19)21-2)16-9(18)8-4-3-5-17(8)11(20)22-6-12(13,14)15/h7-8H,3-6H2,1-2H3,(H,16,18)/t7-,8+/m0/s1. The molecule has 1 rings (SSSR count). The number of alkyl halides is 3. The van der Waals surface area contributed by atoms with Crippen molar-refractivity contribution in [3.8, 4) is 0 Å². The number of halogens is 3. The molecule has 1 saturated heterocycles. The Morgan fingerprint density at radius 2 is 2.00 bits per heavy atom. The monoisotopic (exact) mass is 326 g/mol. The summed E-state index contributed by atoms with van der Waals surface area (Å²) in [6, 6.07) is -1.89. The molecule has 0 aliphatic carbocycles. The number of esters is 1. The summed E-state index contributed by atoms with van der Waals surface area (Å²) in [6.45, 7) is -0.207. The fourth-order valence-corrected chi connectivity index (χ4v) is 2.03. The molecule has 2 amide bonds. The highest BCUT2D eigenvalue weighted by Crippen LogP contribution is 2.21. The van der Waals surface area contributed by atoms with Gasteiger partial charge in [-0.25, -0.2) is 9.59 Å². The van der Waals surface area contributed by atoms with Gasteiger partial charge in [-0.15, -0.1) is 0 Å². The summed E-state index contributed by atoms with van der Waals surface area (Å²) in [5, 5.41) is 2.34. The molecule has 126 valence electrons. The van der Waals surface area contributed by atoms with Gasteiger partial charge in [0.25, 0.3) is 0 Å². The molecule has 1 fully saturated rings. The molecule has 1 aliphatic rings. The Morgan fingerprint density at radius 3 is 2.55 bits per heavy atom. The van der Waals surface area contributed by atoms with Crippen molar-refractivity contribution in [1.29, 1.82) is 0 Å². The number of methoxy groups -OCH3 is 1. The molecule has 1 heterocycles. The molecule has 0 spiro atoms. The van der Waals surface area contributed by atoms with E-state index in [2.05, 4.69) is 14.8 Å². The third-order valence-corrected chi connectivity index (χ3v) is 3.06. The Balaban J connectivity index is 2.60. The topological polar surface area (TPSA) is 84.9 Å². The van der Waals surface area contributed by atoms with E-state index in [1.165, 1.54) is 6.92 Å². The zero-order valence-corrected chi connectivity index (χ0v) is 12.1. The molecular weight excluding hydrogens is 309 g/mol. The minimum Gasteiger partial charge on any atom is -0.467 e. The number of hydrogen-bond acceptors (Lipinski definition) is 5. The van der Waals surface area contributed by atoms with Crippen molar-refractivity contribution in [3.05, 3.63) is 0 Å². The number of hydrogen-bond donors (Lipinski definition) is 1. The minimum atomic E-state index is -4.63. The van der Waals surface area contributed by atoms with Crippen molar-refractivity contribution in [2.75, 3.05) is 20.3 Å². The highest BCUT2D eigenvalue weighted by Gasteiger charge is 2.38. The maximum atomic E-state index is 12.0. The number of nitrogens with one attached hydrogen (secondary N) is 1. The van der Waals surface area contributed by atoms with E-state index >= 15 is 0 Å². The van der Waals surface area contributed by atoms with Gasteiger partial charge < -0.3 is 14.8 Å². The van der Waals surface area contributed by atoms with Crippen molar-refractivity contribution < 1.29 is 37.0 Å². The van der Waals surface area contributed by atoms with E-state index in [1.807, 2.05) is 0 Å². The van der Waals surface area contributed by atoms with Crippen LogP contribution in [0.1, 0.15) is 19.8 Å². The molecule has 10 heteroatoms. The molecule has 1 aliphatic heterocycles. The predicted octanol–water partition coefficient (Wildman–Crippen LogP) is 0.827. The van der Waals surface area contributed by atoms with Crippen molar-refractivity contribution in [2.24, 2.45) is 0 Å². The summed E-state index contributed by atoms with van der Waals surface area (Å²) in [6.07, 6.45) is -5.11. The second-order valence-corrected chi connectivity index (χ2v) is 4.77. The lowest BCUT2D eigenvalue weighted by Gasteiger charge is -2.24. The Morgan fingerprint density at radius 1 is 1.36 bits per heavy atom. The van der Waals surface area contributed by atoms with Crippen LogP contribution in [0.4, 0.5) is 18.0 Å². The number of amides is 2. The number of ether oxygens (including phenoxy) is 2. The van der Waals surface area contributed by atoms with E-state index < -0.39 is 42.8 Å². The van der Waals surface area contributed by atoms with Crippen molar-refractivity contribution in [2.45, 2.75) is 38.0 Å². The summed E-state index contributed by atoms with van der Waals surface area (Å²) in [4.78, 5) is 35.8. The third-order valence-electron chi connectivity index (χ3n) is 3.06. The highest BCUT2D eigenvalue weighted by molar-refractivity contribution is 5.89. The van der Waals surface area contributed by atoms with Crippen molar-refractivity contribution in [3.63, 3.8) is 0 Å². The van der Waals surface area contributed by atoms with Crippen LogP contribution in [0.3, 0.4) is 0 Å². The van der Waals surface area contributed by atoms with Gasteiger partial charge in [0.2, 0.25) is 5.91 Å². The minimum absolute atomic E-state index is 0.112. The van der Waals surface area contributed by atoms with Crippen LogP contribution >= 0.6 is 0 Å². The molecule has 0 aromatic carbocycles. The van der Waals surface area contributed by atoms with E-state index in [1.54, 1.807) is 0 Å². The molecule has 0 unspecified atom stereocenters. The van der Waals surface area contributed by atoms with Gasteiger partial charge >= 0.3 is 18.2 Å².